The average molecular weight is 493 g/mol. The summed E-state index contributed by atoms with van der Waals surface area (Å²) >= 11 is 1.28. The van der Waals surface area contributed by atoms with Gasteiger partial charge in [-0.3, -0.25) is 19.3 Å². The number of alkyl halides is 2. The van der Waals surface area contributed by atoms with Crippen molar-refractivity contribution in [1.82, 2.24) is 10.2 Å². The topological polar surface area (TPSA) is 131 Å². The molecule has 2 aromatic rings. The Morgan fingerprint density at radius 2 is 1.91 bits per heavy atom. The molecule has 1 atom stereocenters. The summed E-state index contributed by atoms with van der Waals surface area (Å²) in [5.74, 6) is -2.08. The van der Waals surface area contributed by atoms with E-state index in [4.69, 9.17) is 5.73 Å². The van der Waals surface area contributed by atoms with Gasteiger partial charge < -0.3 is 21.1 Å². The molecule has 4 rings (SSSR count). The van der Waals surface area contributed by atoms with Crippen LogP contribution in [0.25, 0.3) is 0 Å². The summed E-state index contributed by atoms with van der Waals surface area (Å²) in [7, 11) is 0. The summed E-state index contributed by atoms with van der Waals surface area (Å²) in [6.45, 7) is -2.12. The van der Waals surface area contributed by atoms with Gasteiger partial charge in [-0.05, 0) is 55.9 Å². The van der Waals surface area contributed by atoms with Gasteiger partial charge in [0.25, 0.3) is 11.8 Å². The molecule has 0 bridgehead atoms. The minimum atomic E-state index is -2.99. The van der Waals surface area contributed by atoms with E-state index in [2.05, 4.69) is 15.4 Å². The number of carbonyl (C=O) groups is 4. The molecule has 1 aromatic heterocycles. The monoisotopic (exact) mass is 492 g/mol. The lowest BCUT2D eigenvalue weighted by atomic mass is 9.92. The molecule has 2 aliphatic rings. The van der Waals surface area contributed by atoms with E-state index in [1.807, 2.05) is 0 Å². The van der Waals surface area contributed by atoms with Crippen LogP contribution in [-0.2, 0) is 28.0 Å². The zero-order valence-electron chi connectivity index (χ0n) is 18.2. The number of nitrogens with two attached hydrogens (primary N) is 1. The first-order chi connectivity index (χ1) is 16.1. The first-order valence-electron chi connectivity index (χ1n) is 10.5. The predicted octanol–water partition coefficient (Wildman–Crippen LogP) is 2.73. The van der Waals surface area contributed by atoms with E-state index in [0.717, 1.165) is 34.6 Å². The number of rotatable bonds is 7. The summed E-state index contributed by atoms with van der Waals surface area (Å²) in [6.07, 6.45) is 3.40. The van der Waals surface area contributed by atoms with Crippen molar-refractivity contribution in [2.45, 2.75) is 44.8 Å². The minimum Gasteiger partial charge on any atom is -0.435 e. The van der Waals surface area contributed by atoms with Crippen LogP contribution < -0.4 is 21.1 Å². The van der Waals surface area contributed by atoms with Gasteiger partial charge in [0.15, 0.2) is 0 Å². The number of hydrogen-bond acceptors (Lipinski definition) is 6. The highest BCUT2D eigenvalue weighted by molar-refractivity contribution is 7.17. The van der Waals surface area contributed by atoms with Gasteiger partial charge in [0.1, 0.15) is 22.8 Å². The largest absolute Gasteiger partial charge is 0.435 e. The van der Waals surface area contributed by atoms with Crippen LogP contribution in [0.3, 0.4) is 0 Å². The Hall–Kier alpha value is -3.54. The molecule has 5 amide bonds. The number of halogens is 2. The van der Waals surface area contributed by atoms with Gasteiger partial charge >= 0.3 is 12.6 Å². The van der Waals surface area contributed by atoms with Gasteiger partial charge in [0.05, 0.1) is 5.56 Å². The highest BCUT2D eigenvalue weighted by atomic mass is 32.1. The van der Waals surface area contributed by atoms with E-state index in [-0.39, 0.29) is 11.3 Å². The first-order valence-corrected chi connectivity index (χ1v) is 11.4. The molecule has 9 nitrogen and oxygen atoms in total. The fraction of sp³-hybridized carbons (Fsp3) is 0.364. The molecule has 12 heteroatoms. The number of imide groups is 1. The Kier molecular flexibility index (Phi) is 6.26. The van der Waals surface area contributed by atoms with Crippen molar-refractivity contribution in [3.05, 3.63) is 45.8 Å². The minimum absolute atomic E-state index is 0.0979. The van der Waals surface area contributed by atoms with E-state index >= 15 is 0 Å². The van der Waals surface area contributed by atoms with Crippen molar-refractivity contribution >= 4 is 40.1 Å². The molecule has 0 radical (unpaired) electrons. The second-order valence-corrected chi connectivity index (χ2v) is 9.28. The maximum Gasteiger partial charge on any atom is 0.387 e. The number of hydrogen-bond donors (Lipinski definition) is 3. The number of aryl methyl sites for hydroxylation is 1. The molecule has 0 saturated carbocycles. The second kappa shape index (κ2) is 9.01. The summed E-state index contributed by atoms with van der Waals surface area (Å²) in [5.41, 5.74) is 5.50. The molecule has 34 heavy (non-hydrogen) atoms. The molecule has 1 unspecified atom stereocenters. The van der Waals surface area contributed by atoms with Gasteiger partial charge in [-0.15, -0.1) is 11.3 Å². The number of ether oxygens (including phenoxy) is 1. The van der Waals surface area contributed by atoms with Gasteiger partial charge in [-0.1, -0.05) is 12.1 Å². The van der Waals surface area contributed by atoms with Crippen molar-refractivity contribution in [2.24, 2.45) is 5.73 Å². The summed E-state index contributed by atoms with van der Waals surface area (Å²) in [6, 6.07) is 4.50. The van der Waals surface area contributed by atoms with Gasteiger partial charge in [-0.2, -0.15) is 8.78 Å². The predicted molar refractivity (Wildman–Crippen MR) is 119 cm³/mol. The number of amides is 5. The van der Waals surface area contributed by atoms with E-state index in [9.17, 15) is 28.0 Å². The Bertz CT molecular complexity index is 1170. The van der Waals surface area contributed by atoms with Crippen LogP contribution in [0.15, 0.2) is 24.3 Å². The molecule has 2 heterocycles. The zero-order valence-corrected chi connectivity index (χ0v) is 19.0. The van der Waals surface area contributed by atoms with Crippen LogP contribution in [0.2, 0.25) is 0 Å². The van der Waals surface area contributed by atoms with E-state index < -0.39 is 42.4 Å². The number of primary amides is 1. The van der Waals surface area contributed by atoms with Crippen molar-refractivity contribution < 1.29 is 32.7 Å². The number of benzene rings is 1. The normalized spacial score (nSPS) is 19.7. The highest BCUT2D eigenvalue weighted by Crippen LogP contribution is 2.38. The average Bonchev–Trinajstić information content (AvgIpc) is 3.24. The summed E-state index contributed by atoms with van der Waals surface area (Å²) in [5, 5.41) is 5.48. The molecule has 180 valence electrons. The number of carbonyl (C=O) groups excluding carboxylic acids is 4. The number of urea groups is 1. The fourth-order valence-electron chi connectivity index (χ4n) is 4.23. The molecule has 1 fully saturated rings. The van der Waals surface area contributed by atoms with Crippen molar-refractivity contribution in [1.29, 1.82) is 0 Å². The molecule has 1 aromatic carbocycles. The zero-order chi connectivity index (χ0) is 24.6. The lowest BCUT2D eigenvalue weighted by Crippen LogP contribution is -2.42. The van der Waals surface area contributed by atoms with Gasteiger partial charge in [-0.25, -0.2) is 4.79 Å². The lowest BCUT2D eigenvalue weighted by molar-refractivity contribution is -0.133. The smallest absolute Gasteiger partial charge is 0.387 e. The van der Waals surface area contributed by atoms with E-state index in [1.165, 1.54) is 42.5 Å². The third kappa shape index (κ3) is 4.32. The first kappa shape index (κ1) is 23.6. The van der Waals surface area contributed by atoms with Crippen LogP contribution in [0.1, 0.15) is 46.1 Å². The van der Waals surface area contributed by atoms with Gasteiger partial charge in [0.2, 0.25) is 5.91 Å². The Balaban J connectivity index is 1.49. The number of fused-ring (bicyclic) bond motifs is 1. The quantitative estimate of drug-likeness (QED) is 0.512. The lowest BCUT2D eigenvalue weighted by Gasteiger charge is -2.22. The Labute approximate surface area is 197 Å². The molecular formula is C22H22F2N4O5S. The van der Waals surface area contributed by atoms with Crippen LogP contribution in [0.5, 0.6) is 5.75 Å². The number of anilines is 1. The third-order valence-corrected chi connectivity index (χ3v) is 7.11. The molecule has 1 aliphatic carbocycles. The summed E-state index contributed by atoms with van der Waals surface area (Å²) < 4.78 is 29.0. The third-order valence-electron chi connectivity index (χ3n) is 5.90. The standard InChI is InChI=1S/C22H22F2N4O5S/c1-22(11-6-8-12(9-7-11)33-20(23)24)19(31)28(21(32)27-22)10-15(29)26-18-16(17(25)30)13-4-2-3-5-14(13)34-18/h6-9,20H,2-5,10H2,1H3,(H2,25,30)(H,26,29)(H,27,32). The SMILES string of the molecule is CC1(c2ccc(OC(F)F)cc2)NC(=O)N(CC(=O)Nc2sc3c(c2C(N)=O)CCCC3)C1=O. The molecule has 1 saturated heterocycles. The van der Waals surface area contributed by atoms with Crippen LogP contribution in [0, 0.1) is 0 Å². The maximum absolute atomic E-state index is 13.1. The van der Waals surface area contributed by atoms with E-state index in [1.54, 1.807) is 0 Å². The number of nitrogens with zero attached hydrogens (tertiary/aromatic N) is 1. The van der Waals surface area contributed by atoms with Crippen LogP contribution in [0.4, 0.5) is 18.6 Å². The molecular weight excluding hydrogens is 470 g/mol. The number of nitrogens with one attached hydrogen (secondary N) is 2. The second-order valence-electron chi connectivity index (χ2n) is 8.18. The van der Waals surface area contributed by atoms with Crippen molar-refractivity contribution in [3.8, 4) is 5.75 Å². The van der Waals surface area contributed by atoms with Crippen molar-refractivity contribution in [2.75, 3.05) is 11.9 Å². The Morgan fingerprint density at radius 3 is 2.56 bits per heavy atom. The summed E-state index contributed by atoms with van der Waals surface area (Å²) in [4.78, 5) is 52.1. The van der Waals surface area contributed by atoms with E-state index in [0.29, 0.717) is 17.0 Å². The highest BCUT2D eigenvalue weighted by Gasteiger charge is 2.49. The molecule has 1 aliphatic heterocycles. The number of thiophene rings is 1. The van der Waals surface area contributed by atoms with Crippen molar-refractivity contribution in [3.63, 3.8) is 0 Å². The van der Waals surface area contributed by atoms with Gasteiger partial charge in [0, 0.05) is 4.88 Å². The van der Waals surface area contributed by atoms with Crippen LogP contribution in [-0.4, -0.2) is 41.8 Å². The van der Waals surface area contributed by atoms with Crippen LogP contribution >= 0.6 is 11.3 Å². The maximum atomic E-state index is 13.1. The molecule has 4 N–H and O–H groups in total. The Morgan fingerprint density at radius 1 is 1.24 bits per heavy atom. The molecule has 0 spiro atoms. The fourth-order valence-corrected chi connectivity index (χ4v) is 5.54.